The van der Waals surface area contributed by atoms with Crippen LogP contribution < -0.4 is 0 Å². The molecule has 0 aromatic heterocycles. The lowest BCUT2D eigenvalue weighted by molar-refractivity contribution is 1.48. The molecule has 0 unspecified atom stereocenters. The van der Waals surface area contributed by atoms with E-state index in [0.29, 0.717) is 16.7 Å². The van der Waals surface area contributed by atoms with Crippen molar-refractivity contribution in [2.45, 2.75) is 0 Å². The molecule has 0 saturated carbocycles. The van der Waals surface area contributed by atoms with Crippen molar-refractivity contribution in [3.05, 3.63) is 144 Å². The minimum Gasteiger partial charge on any atom is -0.192 e. The topological polar surface area (TPSA) is 71.4 Å². The van der Waals surface area contributed by atoms with E-state index in [4.69, 9.17) is 0 Å². The molecular weight excluding hydrogens is 558 g/mol. The smallest absolute Gasteiger partial charge is 0.0991 e. The normalized spacial score (nSPS) is 11.4. The largest absolute Gasteiger partial charge is 0.192 e. The summed E-state index contributed by atoms with van der Waals surface area (Å²) in [7, 11) is 0. The molecule has 208 valence electrons. The molecule has 9 rings (SSSR count). The van der Waals surface area contributed by atoms with Crippen LogP contribution in [0.1, 0.15) is 16.7 Å². The fourth-order valence-corrected chi connectivity index (χ4v) is 7.39. The third-order valence-electron chi connectivity index (χ3n) is 9.42. The standard InChI is InChI=1S/C43H21N3/c44-22-25-5-1-9-29(15-25)34-19-41-37(31-14-13-27(24-46)17-36(31)34)18-35(30-10-2-6-26(16-30)23-45)40-20-38-32-11-3-7-28-8-4-12-33(43(28)32)39(38)21-42(40)41/h1-21H. The average molecular weight is 580 g/mol. The molecule has 0 fully saturated rings. The predicted octanol–water partition coefficient (Wildman–Crippen LogP) is 10.9. The lowest BCUT2D eigenvalue weighted by Gasteiger charge is -2.18. The summed E-state index contributed by atoms with van der Waals surface area (Å²) in [6.45, 7) is 0. The van der Waals surface area contributed by atoms with Crippen molar-refractivity contribution in [2.75, 3.05) is 0 Å². The lowest BCUT2D eigenvalue weighted by Crippen LogP contribution is -1.91. The number of fused-ring (bicyclic) bond motifs is 8. The Morgan fingerprint density at radius 2 is 0.783 bits per heavy atom. The van der Waals surface area contributed by atoms with Gasteiger partial charge in [-0.3, -0.25) is 0 Å². The highest BCUT2D eigenvalue weighted by Crippen LogP contribution is 2.51. The maximum Gasteiger partial charge on any atom is 0.0991 e. The molecule has 0 radical (unpaired) electrons. The molecule has 0 heterocycles. The van der Waals surface area contributed by atoms with E-state index < -0.39 is 0 Å². The van der Waals surface area contributed by atoms with E-state index in [-0.39, 0.29) is 0 Å². The zero-order valence-electron chi connectivity index (χ0n) is 24.5. The van der Waals surface area contributed by atoms with Gasteiger partial charge in [-0.25, -0.2) is 0 Å². The van der Waals surface area contributed by atoms with E-state index in [1.165, 1.54) is 33.0 Å². The van der Waals surface area contributed by atoms with Crippen molar-refractivity contribution < 1.29 is 0 Å². The van der Waals surface area contributed by atoms with E-state index in [2.05, 4.69) is 84.9 Å². The summed E-state index contributed by atoms with van der Waals surface area (Å²) >= 11 is 0. The fourth-order valence-electron chi connectivity index (χ4n) is 7.39. The molecule has 1 aliphatic rings. The van der Waals surface area contributed by atoms with Gasteiger partial charge in [-0.2, -0.15) is 15.8 Å². The zero-order chi connectivity index (χ0) is 30.9. The van der Waals surface area contributed by atoms with Crippen LogP contribution in [0.2, 0.25) is 0 Å². The maximum atomic E-state index is 9.84. The molecule has 3 nitrogen and oxygen atoms in total. The molecule has 0 bridgehead atoms. The summed E-state index contributed by atoms with van der Waals surface area (Å²) in [6.07, 6.45) is 0. The van der Waals surface area contributed by atoms with Crippen LogP contribution in [-0.4, -0.2) is 0 Å². The SMILES string of the molecule is N#Cc1cccc(-c2cc3c4cc5c(cc4c(-c4cccc(C#N)c4)cc3c3ccc(C#N)cc23)-c2cccc3cccc-5c23)c1. The van der Waals surface area contributed by atoms with Crippen LogP contribution in [0.4, 0.5) is 0 Å². The van der Waals surface area contributed by atoms with Crippen molar-refractivity contribution in [2.24, 2.45) is 0 Å². The molecule has 3 heteroatoms. The molecule has 0 amide bonds. The van der Waals surface area contributed by atoms with Crippen LogP contribution in [0.15, 0.2) is 127 Å². The number of hydrogen-bond acceptors (Lipinski definition) is 3. The molecule has 0 aliphatic heterocycles. The van der Waals surface area contributed by atoms with Gasteiger partial charge in [0.25, 0.3) is 0 Å². The second-order valence-electron chi connectivity index (χ2n) is 11.9. The van der Waals surface area contributed by atoms with E-state index in [1.54, 1.807) is 0 Å². The molecule has 0 N–H and O–H groups in total. The molecular formula is C43H21N3. The first-order valence-electron chi connectivity index (χ1n) is 15.1. The van der Waals surface area contributed by atoms with Gasteiger partial charge < -0.3 is 0 Å². The first kappa shape index (κ1) is 25.7. The number of nitriles is 3. The Morgan fingerprint density at radius 3 is 1.37 bits per heavy atom. The third-order valence-corrected chi connectivity index (χ3v) is 9.42. The minimum absolute atomic E-state index is 0.580. The molecule has 8 aromatic carbocycles. The molecule has 0 spiro atoms. The fraction of sp³-hybridized carbons (Fsp3) is 0. The van der Waals surface area contributed by atoms with Crippen LogP contribution in [0.3, 0.4) is 0 Å². The summed E-state index contributed by atoms with van der Waals surface area (Å²) in [5, 5.41) is 38.2. The Hall–Kier alpha value is -6.73. The van der Waals surface area contributed by atoms with Crippen molar-refractivity contribution in [3.63, 3.8) is 0 Å². The Balaban J connectivity index is 1.48. The maximum absolute atomic E-state index is 9.84. The van der Waals surface area contributed by atoms with Crippen LogP contribution in [-0.2, 0) is 0 Å². The zero-order valence-corrected chi connectivity index (χ0v) is 24.5. The predicted molar refractivity (Wildman–Crippen MR) is 186 cm³/mol. The minimum atomic E-state index is 0.580. The van der Waals surface area contributed by atoms with Crippen LogP contribution >= 0.6 is 0 Å². The van der Waals surface area contributed by atoms with E-state index in [0.717, 1.165) is 54.6 Å². The summed E-state index contributed by atoms with van der Waals surface area (Å²) in [6, 6.07) is 50.4. The second-order valence-corrected chi connectivity index (χ2v) is 11.9. The lowest BCUT2D eigenvalue weighted by atomic mass is 9.85. The Labute approximate surface area is 265 Å². The van der Waals surface area contributed by atoms with Crippen molar-refractivity contribution in [3.8, 4) is 62.7 Å². The quantitative estimate of drug-likeness (QED) is 0.191. The molecule has 0 saturated heterocycles. The number of benzene rings is 8. The first-order valence-corrected chi connectivity index (χ1v) is 15.1. The monoisotopic (exact) mass is 579 g/mol. The number of nitrogens with zero attached hydrogens (tertiary/aromatic N) is 3. The van der Waals surface area contributed by atoms with Crippen molar-refractivity contribution >= 4 is 43.1 Å². The molecule has 8 aromatic rings. The summed E-state index contributed by atoms with van der Waals surface area (Å²) in [5.74, 6) is 0. The van der Waals surface area contributed by atoms with Gasteiger partial charge >= 0.3 is 0 Å². The first-order chi connectivity index (χ1) is 22.6. The number of hydrogen-bond donors (Lipinski definition) is 0. The van der Waals surface area contributed by atoms with Gasteiger partial charge in [0.2, 0.25) is 0 Å². The van der Waals surface area contributed by atoms with Gasteiger partial charge in [-0.05, 0) is 148 Å². The number of rotatable bonds is 2. The molecule has 1 aliphatic carbocycles. The van der Waals surface area contributed by atoms with Gasteiger partial charge in [-0.1, -0.05) is 66.7 Å². The van der Waals surface area contributed by atoms with Crippen molar-refractivity contribution in [1.29, 1.82) is 15.8 Å². The third kappa shape index (κ3) is 3.63. The van der Waals surface area contributed by atoms with Crippen LogP contribution in [0.25, 0.3) is 87.6 Å². The Bertz CT molecular complexity index is 2780. The van der Waals surface area contributed by atoms with E-state index in [1.807, 2.05) is 60.7 Å². The Kier molecular flexibility index (Phi) is 5.39. The molecule has 46 heavy (non-hydrogen) atoms. The van der Waals surface area contributed by atoms with Crippen LogP contribution in [0.5, 0.6) is 0 Å². The van der Waals surface area contributed by atoms with Gasteiger partial charge in [0, 0.05) is 0 Å². The van der Waals surface area contributed by atoms with Gasteiger partial charge in [0.05, 0.1) is 34.9 Å². The highest BCUT2D eigenvalue weighted by molar-refractivity contribution is 6.27. The van der Waals surface area contributed by atoms with E-state index >= 15 is 0 Å². The molecule has 0 atom stereocenters. The van der Waals surface area contributed by atoms with Crippen molar-refractivity contribution in [1.82, 2.24) is 0 Å². The van der Waals surface area contributed by atoms with Gasteiger partial charge in [-0.15, -0.1) is 0 Å². The second kappa shape index (κ2) is 9.64. The Morgan fingerprint density at radius 1 is 0.326 bits per heavy atom. The summed E-state index contributed by atoms with van der Waals surface area (Å²) < 4.78 is 0. The highest BCUT2D eigenvalue weighted by Gasteiger charge is 2.24. The highest BCUT2D eigenvalue weighted by atomic mass is 14.3. The summed E-state index contributed by atoms with van der Waals surface area (Å²) in [5.41, 5.74) is 10.6. The van der Waals surface area contributed by atoms with Gasteiger partial charge in [0.15, 0.2) is 0 Å². The van der Waals surface area contributed by atoms with Crippen LogP contribution in [0, 0.1) is 34.0 Å². The summed E-state index contributed by atoms with van der Waals surface area (Å²) in [4.78, 5) is 0. The average Bonchev–Trinajstić information content (AvgIpc) is 3.43. The van der Waals surface area contributed by atoms with E-state index in [9.17, 15) is 15.8 Å². The van der Waals surface area contributed by atoms with Gasteiger partial charge in [0.1, 0.15) is 0 Å².